The Labute approximate surface area is 140 Å². The van der Waals surface area contributed by atoms with Gasteiger partial charge in [0, 0.05) is 30.2 Å². The number of fused-ring (bicyclic) bond motifs is 1. The molecule has 2 rings (SSSR count). The average Bonchev–Trinajstić information content (AvgIpc) is 2.95. The number of carbonyl (C=O) groups excluding carboxylic acids is 1. The van der Waals surface area contributed by atoms with Crippen LogP contribution in [0.2, 0.25) is 0 Å². The Balaban J connectivity index is 2.20. The van der Waals surface area contributed by atoms with Crippen LogP contribution in [0.1, 0.15) is 18.9 Å². The highest BCUT2D eigenvalue weighted by Gasteiger charge is 2.15. The number of likely N-dealkylation sites (N-methyl/N-ethyl adjacent to an activating group) is 1. The lowest BCUT2D eigenvalue weighted by atomic mass is 10.1. The van der Waals surface area contributed by atoms with Crippen LogP contribution in [0.4, 0.5) is 0 Å². The van der Waals surface area contributed by atoms with E-state index in [9.17, 15) is 9.59 Å². The number of carboxylic acid groups (broad SMARTS) is 1. The molecule has 0 aliphatic heterocycles. The van der Waals surface area contributed by atoms with E-state index in [1.54, 1.807) is 12.1 Å². The van der Waals surface area contributed by atoms with Crippen LogP contribution in [-0.2, 0) is 16.0 Å². The van der Waals surface area contributed by atoms with Crippen LogP contribution in [-0.4, -0.2) is 46.6 Å². The molecule has 0 unspecified atom stereocenters. The monoisotopic (exact) mass is 330 g/mol. The molecule has 0 radical (unpaired) electrons. The van der Waals surface area contributed by atoms with Crippen molar-refractivity contribution in [2.24, 2.45) is 0 Å². The minimum absolute atomic E-state index is 0.391. The highest BCUT2D eigenvalue weighted by Crippen LogP contribution is 2.29. The van der Waals surface area contributed by atoms with E-state index in [4.69, 9.17) is 9.84 Å². The van der Waals surface area contributed by atoms with E-state index in [-0.39, 0.29) is 0 Å². The van der Waals surface area contributed by atoms with Crippen LogP contribution in [0.25, 0.3) is 10.9 Å². The summed E-state index contributed by atoms with van der Waals surface area (Å²) >= 11 is 0. The van der Waals surface area contributed by atoms with Gasteiger partial charge in [0.25, 0.3) is 0 Å². The van der Waals surface area contributed by atoms with Crippen molar-refractivity contribution in [3.8, 4) is 5.75 Å². The maximum Gasteiger partial charge on any atom is 0.322 e. The highest BCUT2D eigenvalue weighted by molar-refractivity contribution is 5.95. The van der Waals surface area contributed by atoms with Gasteiger partial charge in [-0.15, -0.1) is 6.58 Å². The second kappa shape index (κ2) is 8.31. The number of aliphatic carboxylic acids is 1. The normalized spacial score (nSPS) is 10.9. The van der Waals surface area contributed by atoms with Crippen LogP contribution in [0.15, 0.2) is 37.1 Å². The molecular weight excluding hydrogens is 308 g/mol. The van der Waals surface area contributed by atoms with Gasteiger partial charge in [-0.3, -0.25) is 14.5 Å². The van der Waals surface area contributed by atoms with Gasteiger partial charge in [0.15, 0.2) is 0 Å². The number of esters is 1. The summed E-state index contributed by atoms with van der Waals surface area (Å²) in [7, 11) is 0. The molecule has 2 N–H and O–H groups in total. The molecule has 1 heterocycles. The van der Waals surface area contributed by atoms with Crippen molar-refractivity contribution in [2.75, 3.05) is 19.6 Å². The maximum absolute atomic E-state index is 11.7. The Kier molecular flexibility index (Phi) is 6.14. The summed E-state index contributed by atoms with van der Waals surface area (Å²) in [4.78, 5) is 27.7. The van der Waals surface area contributed by atoms with Crippen molar-refractivity contribution in [3.63, 3.8) is 0 Å². The van der Waals surface area contributed by atoms with Gasteiger partial charge >= 0.3 is 11.9 Å². The number of H-pyrrole nitrogens is 1. The van der Waals surface area contributed by atoms with Gasteiger partial charge in [0.1, 0.15) is 12.2 Å². The van der Waals surface area contributed by atoms with Crippen LogP contribution < -0.4 is 4.74 Å². The summed E-state index contributed by atoms with van der Waals surface area (Å²) in [6, 6.07) is 5.34. The summed E-state index contributed by atoms with van der Waals surface area (Å²) in [6.45, 7) is 8.45. The zero-order chi connectivity index (χ0) is 17.5. The van der Waals surface area contributed by atoms with Gasteiger partial charge in [-0.05, 0) is 30.7 Å². The number of aromatic amines is 1. The molecule has 0 amide bonds. The van der Waals surface area contributed by atoms with Gasteiger partial charge in [-0.2, -0.15) is 0 Å². The lowest BCUT2D eigenvalue weighted by Crippen LogP contribution is -2.25. The first-order chi connectivity index (χ1) is 11.5. The number of carbonyl (C=O) groups is 2. The highest BCUT2D eigenvalue weighted by atomic mass is 16.5. The fraction of sp³-hybridized carbons (Fsp3) is 0.333. The lowest BCUT2D eigenvalue weighted by Gasteiger charge is -2.18. The number of nitrogens with one attached hydrogen (secondary N) is 1. The summed E-state index contributed by atoms with van der Waals surface area (Å²) in [5.41, 5.74) is 1.89. The summed E-state index contributed by atoms with van der Waals surface area (Å²) in [5.74, 6) is -1.59. The molecule has 6 nitrogen and oxygen atoms in total. The van der Waals surface area contributed by atoms with E-state index in [2.05, 4.69) is 23.4 Å². The van der Waals surface area contributed by atoms with Crippen molar-refractivity contribution < 1.29 is 19.4 Å². The molecule has 1 aromatic carbocycles. The largest absolute Gasteiger partial charge is 0.481 e. The first kappa shape index (κ1) is 17.7. The Morgan fingerprint density at radius 3 is 2.88 bits per heavy atom. The topological polar surface area (TPSA) is 82.6 Å². The second-order valence-electron chi connectivity index (χ2n) is 5.47. The summed E-state index contributed by atoms with van der Waals surface area (Å²) in [6.07, 6.45) is 3.91. The molecule has 0 saturated heterocycles. The number of ether oxygens (including phenoxy) is 1. The SMILES string of the molecule is C=CCN(CC)CCc1c[nH]c2cccc(OC(=O)CC(=O)O)c12. The Bertz CT molecular complexity index is 736. The van der Waals surface area contributed by atoms with Crippen molar-refractivity contribution in [1.29, 1.82) is 0 Å². The van der Waals surface area contributed by atoms with Crippen molar-refractivity contribution in [2.45, 2.75) is 19.8 Å². The zero-order valence-electron chi connectivity index (χ0n) is 13.7. The molecule has 0 aliphatic carbocycles. The number of nitrogens with zero attached hydrogens (tertiary/aromatic N) is 1. The number of aromatic nitrogens is 1. The predicted octanol–water partition coefficient (Wildman–Crippen LogP) is 2.60. The van der Waals surface area contributed by atoms with Crippen LogP contribution >= 0.6 is 0 Å². The second-order valence-corrected chi connectivity index (χ2v) is 5.47. The minimum atomic E-state index is -1.20. The molecule has 0 atom stereocenters. The molecule has 0 bridgehead atoms. The van der Waals surface area contributed by atoms with E-state index >= 15 is 0 Å². The van der Waals surface area contributed by atoms with E-state index < -0.39 is 18.4 Å². The third-order valence-corrected chi connectivity index (χ3v) is 3.80. The van der Waals surface area contributed by atoms with E-state index in [1.807, 2.05) is 18.3 Å². The first-order valence-corrected chi connectivity index (χ1v) is 7.89. The molecule has 0 fully saturated rings. The Morgan fingerprint density at radius 1 is 1.42 bits per heavy atom. The van der Waals surface area contributed by atoms with Crippen molar-refractivity contribution >= 4 is 22.8 Å². The summed E-state index contributed by atoms with van der Waals surface area (Å²) in [5, 5.41) is 9.52. The molecule has 0 saturated carbocycles. The fourth-order valence-corrected chi connectivity index (χ4v) is 2.62. The molecule has 0 spiro atoms. The number of benzene rings is 1. The van der Waals surface area contributed by atoms with E-state index in [1.165, 1.54) is 0 Å². The first-order valence-electron chi connectivity index (χ1n) is 7.89. The number of hydrogen-bond acceptors (Lipinski definition) is 4. The van der Waals surface area contributed by atoms with E-state index in [0.29, 0.717) is 5.75 Å². The van der Waals surface area contributed by atoms with E-state index in [0.717, 1.165) is 42.5 Å². The molecule has 128 valence electrons. The minimum Gasteiger partial charge on any atom is -0.481 e. The average molecular weight is 330 g/mol. The van der Waals surface area contributed by atoms with Gasteiger partial charge in [0.2, 0.25) is 0 Å². The number of rotatable bonds is 9. The van der Waals surface area contributed by atoms with Crippen molar-refractivity contribution in [1.82, 2.24) is 9.88 Å². The fourth-order valence-electron chi connectivity index (χ4n) is 2.62. The quantitative estimate of drug-likeness (QED) is 0.320. The zero-order valence-corrected chi connectivity index (χ0v) is 13.7. The molecule has 2 aromatic rings. The predicted molar refractivity (Wildman–Crippen MR) is 92.2 cm³/mol. The van der Waals surface area contributed by atoms with Gasteiger partial charge in [-0.1, -0.05) is 19.1 Å². The smallest absolute Gasteiger partial charge is 0.322 e. The maximum atomic E-state index is 11.7. The van der Waals surface area contributed by atoms with Gasteiger partial charge < -0.3 is 14.8 Å². The van der Waals surface area contributed by atoms with Gasteiger partial charge in [0.05, 0.1) is 0 Å². The van der Waals surface area contributed by atoms with Crippen LogP contribution in [0, 0.1) is 0 Å². The Hall–Kier alpha value is -2.60. The van der Waals surface area contributed by atoms with Gasteiger partial charge in [-0.25, -0.2) is 0 Å². The molecule has 1 aromatic heterocycles. The molecular formula is C18H22N2O4. The number of carboxylic acids is 1. The lowest BCUT2D eigenvalue weighted by molar-refractivity contribution is -0.145. The number of hydrogen-bond donors (Lipinski definition) is 2. The molecule has 0 aliphatic rings. The summed E-state index contributed by atoms with van der Waals surface area (Å²) < 4.78 is 5.25. The molecule has 24 heavy (non-hydrogen) atoms. The molecule has 6 heteroatoms. The Morgan fingerprint density at radius 2 is 2.21 bits per heavy atom. The standard InChI is InChI=1S/C18H22N2O4/c1-3-9-20(4-2)10-8-13-12-19-14-6-5-7-15(18(13)14)24-17(23)11-16(21)22/h3,5-7,12,19H,1,4,8-11H2,2H3,(H,21,22). The van der Waals surface area contributed by atoms with Crippen LogP contribution in [0.5, 0.6) is 5.75 Å². The van der Waals surface area contributed by atoms with Crippen molar-refractivity contribution in [3.05, 3.63) is 42.6 Å². The van der Waals surface area contributed by atoms with Crippen LogP contribution in [0.3, 0.4) is 0 Å². The third kappa shape index (κ3) is 4.45. The third-order valence-electron chi connectivity index (χ3n) is 3.80.